The summed E-state index contributed by atoms with van der Waals surface area (Å²) in [6.45, 7) is 5.74. The predicted molar refractivity (Wildman–Crippen MR) is 75.6 cm³/mol. The fourth-order valence-corrected chi connectivity index (χ4v) is 2.23. The molecule has 0 fully saturated rings. The molecule has 1 aliphatic rings. The van der Waals surface area contributed by atoms with Gasteiger partial charge in [-0.15, -0.1) is 11.6 Å². The van der Waals surface area contributed by atoms with Crippen LogP contribution in [0, 0.1) is 5.92 Å². The van der Waals surface area contributed by atoms with Gasteiger partial charge in [-0.1, -0.05) is 31.6 Å². The molecule has 1 aliphatic heterocycles. The fourth-order valence-electron chi connectivity index (χ4n) is 1.84. The predicted octanol–water partition coefficient (Wildman–Crippen LogP) is 4.13. The number of fused-ring (bicyclic) bond motifs is 1. The van der Waals surface area contributed by atoms with E-state index in [0.717, 1.165) is 30.1 Å². The Morgan fingerprint density at radius 2 is 2.00 bits per heavy atom. The summed E-state index contributed by atoms with van der Waals surface area (Å²) in [7, 11) is 0. The summed E-state index contributed by atoms with van der Waals surface area (Å²) in [6, 6.07) is 6.04. The summed E-state index contributed by atoms with van der Waals surface area (Å²) in [4.78, 5) is 0. The van der Waals surface area contributed by atoms with Gasteiger partial charge in [0, 0.05) is 12.3 Å². The Hall–Kier alpha value is -1.15. The minimum absolute atomic E-state index is 0.457. The third-order valence-corrected chi connectivity index (χ3v) is 3.33. The van der Waals surface area contributed by atoms with Crippen LogP contribution in [0.4, 0.5) is 0 Å². The van der Waals surface area contributed by atoms with Gasteiger partial charge < -0.3 is 9.47 Å². The van der Waals surface area contributed by atoms with Crippen LogP contribution >= 0.6 is 11.6 Å². The van der Waals surface area contributed by atoms with Crippen LogP contribution in [0.2, 0.25) is 0 Å². The van der Waals surface area contributed by atoms with E-state index in [1.807, 2.05) is 18.2 Å². The van der Waals surface area contributed by atoms with Crippen molar-refractivity contribution in [3.05, 3.63) is 29.3 Å². The Kier molecular flexibility index (Phi) is 4.54. The standard InChI is InChI=1S/C15H19ClO2/c1-11(2)13(10-16)8-12-4-5-14-15(9-12)18-7-3-6-17-14/h4-5,8-9,11H,3,6-7,10H2,1-2H3. The van der Waals surface area contributed by atoms with E-state index >= 15 is 0 Å². The molecule has 98 valence electrons. The largest absolute Gasteiger partial charge is 0.490 e. The first kappa shape index (κ1) is 13.3. The first-order valence-electron chi connectivity index (χ1n) is 6.37. The summed E-state index contributed by atoms with van der Waals surface area (Å²) in [5.74, 6) is 2.69. The van der Waals surface area contributed by atoms with Gasteiger partial charge in [-0.25, -0.2) is 0 Å². The van der Waals surface area contributed by atoms with Crippen LogP contribution in [-0.2, 0) is 0 Å². The normalized spacial score (nSPS) is 15.7. The van der Waals surface area contributed by atoms with Gasteiger partial charge in [0.05, 0.1) is 13.2 Å². The molecule has 0 amide bonds. The lowest BCUT2D eigenvalue weighted by atomic mass is 10.0. The van der Waals surface area contributed by atoms with Gasteiger partial charge in [-0.2, -0.15) is 0 Å². The van der Waals surface area contributed by atoms with E-state index in [2.05, 4.69) is 19.9 Å². The van der Waals surface area contributed by atoms with E-state index in [1.165, 1.54) is 5.57 Å². The van der Waals surface area contributed by atoms with E-state index in [1.54, 1.807) is 0 Å². The number of benzene rings is 1. The molecule has 3 heteroatoms. The summed E-state index contributed by atoms with van der Waals surface area (Å²) < 4.78 is 11.3. The van der Waals surface area contributed by atoms with Gasteiger partial charge in [0.15, 0.2) is 11.5 Å². The summed E-state index contributed by atoms with van der Waals surface area (Å²) in [6.07, 6.45) is 3.06. The molecule has 0 N–H and O–H groups in total. The van der Waals surface area contributed by atoms with Gasteiger partial charge in [0.25, 0.3) is 0 Å². The summed E-state index contributed by atoms with van der Waals surface area (Å²) >= 11 is 5.96. The molecule has 2 nitrogen and oxygen atoms in total. The maximum absolute atomic E-state index is 5.96. The molecule has 1 aromatic carbocycles. The van der Waals surface area contributed by atoms with E-state index in [9.17, 15) is 0 Å². The maximum atomic E-state index is 5.96. The van der Waals surface area contributed by atoms with Crippen molar-refractivity contribution in [1.82, 2.24) is 0 Å². The zero-order valence-electron chi connectivity index (χ0n) is 10.9. The molecule has 0 bridgehead atoms. The summed E-state index contributed by atoms with van der Waals surface area (Å²) in [5, 5.41) is 0. The topological polar surface area (TPSA) is 18.5 Å². The number of hydrogen-bond donors (Lipinski definition) is 0. The molecule has 0 aliphatic carbocycles. The fraction of sp³-hybridized carbons (Fsp3) is 0.467. The molecule has 18 heavy (non-hydrogen) atoms. The maximum Gasteiger partial charge on any atom is 0.161 e. The van der Waals surface area contributed by atoms with Gasteiger partial charge in [0.1, 0.15) is 0 Å². The van der Waals surface area contributed by atoms with Crippen LogP contribution in [0.5, 0.6) is 11.5 Å². The van der Waals surface area contributed by atoms with Gasteiger partial charge in [-0.3, -0.25) is 0 Å². The van der Waals surface area contributed by atoms with Gasteiger partial charge in [0.2, 0.25) is 0 Å². The number of halogens is 1. The smallest absolute Gasteiger partial charge is 0.161 e. The highest BCUT2D eigenvalue weighted by Gasteiger charge is 2.10. The second kappa shape index (κ2) is 6.14. The monoisotopic (exact) mass is 266 g/mol. The number of hydrogen-bond acceptors (Lipinski definition) is 2. The Labute approximate surface area is 114 Å². The minimum atomic E-state index is 0.457. The van der Waals surface area contributed by atoms with Crippen LogP contribution in [-0.4, -0.2) is 19.1 Å². The van der Waals surface area contributed by atoms with Crippen LogP contribution in [0.3, 0.4) is 0 Å². The second-order valence-corrected chi connectivity index (χ2v) is 5.03. The highest BCUT2D eigenvalue weighted by molar-refractivity contribution is 6.19. The Balaban J connectivity index is 2.27. The van der Waals surface area contributed by atoms with E-state index in [4.69, 9.17) is 21.1 Å². The van der Waals surface area contributed by atoms with Crippen molar-refractivity contribution in [1.29, 1.82) is 0 Å². The average molecular weight is 267 g/mol. The van der Waals surface area contributed by atoms with E-state index in [-0.39, 0.29) is 0 Å². The molecule has 0 spiro atoms. The number of alkyl halides is 1. The highest BCUT2D eigenvalue weighted by atomic mass is 35.5. The van der Waals surface area contributed by atoms with Crippen molar-refractivity contribution in [3.8, 4) is 11.5 Å². The minimum Gasteiger partial charge on any atom is -0.490 e. The van der Waals surface area contributed by atoms with Crippen LogP contribution in [0.1, 0.15) is 25.8 Å². The van der Waals surface area contributed by atoms with Gasteiger partial charge in [-0.05, 0) is 23.6 Å². The molecule has 0 saturated carbocycles. The zero-order chi connectivity index (χ0) is 13.0. The number of allylic oxidation sites excluding steroid dienone is 1. The Morgan fingerprint density at radius 1 is 1.28 bits per heavy atom. The van der Waals surface area contributed by atoms with Crippen molar-refractivity contribution in [3.63, 3.8) is 0 Å². The number of rotatable bonds is 3. The quantitative estimate of drug-likeness (QED) is 0.766. The Bertz CT molecular complexity index is 438. The third-order valence-electron chi connectivity index (χ3n) is 3.02. The van der Waals surface area contributed by atoms with Gasteiger partial charge >= 0.3 is 0 Å². The average Bonchev–Trinajstić information content (AvgIpc) is 2.60. The lowest BCUT2D eigenvalue weighted by molar-refractivity contribution is 0.297. The second-order valence-electron chi connectivity index (χ2n) is 4.76. The molecule has 0 radical (unpaired) electrons. The Morgan fingerprint density at radius 3 is 2.67 bits per heavy atom. The van der Waals surface area contributed by atoms with E-state index < -0.39 is 0 Å². The van der Waals surface area contributed by atoms with Crippen LogP contribution in [0.15, 0.2) is 23.8 Å². The van der Waals surface area contributed by atoms with Crippen LogP contribution in [0.25, 0.3) is 6.08 Å². The van der Waals surface area contributed by atoms with E-state index in [0.29, 0.717) is 18.4 Å². The highest BCUT2D eigenvalue weighted by Crippen LogP contribution is 2.31. The van der Waals surface area contributed by atoms with Crippen molar-refractivity contribution >= 4 is 17.7 Å². The van der Waals surface area contributed by atoms with Crippen LogP contribution < -0.4 is 9.47 Å². The molecule has 0 atom stereocenters. The molecule has 0 unspecified atom stereocenters. The lowest BCUT2D eigenvalue weighted by Crippen LogP contribution is -1.97. The molecular weight excluding hydrogens is 248 g/mol. The molecule has 1 heterocycles. The summed E-state index contributed by atoms with van der Waals surface area (Å²) in [5.41, 5.74) is 2.34. The SMILES string of the molecule is CC(C)C(=Cc1ccc2c(c1)OCCCO2)CCl. The first-order chi connectivity index (χ1) is 8.70. The zero-order valence-corrected chi connectivity index (χ0v) is 11.7. The van der Waals surface area contributed by atoms with Crippen molar-refractivity contribution in [2.24, 2.45) is 5.92 Å². The third kappa shape index (κ3) is 3.20. The first-order valence-corrected chi connectivity index (χ1v) is 6.90. The lowest BCUT2D eigenvalue weighted by Gasteiger charge is -2.10. The molecule has 1 aromatic rings. The van der Waals surface area contributed by atoms with Crippen molar-refractivity contribution < 1.29 is 9.47 Å². The van der Waals surface area contributed by atoms with Crippen molar-refractivity contribution in [2.45, 2.75) is 20.3 Å². The molecular formula is C15H19ClO2. The molecule has 2 rings (SSSR count). The number of ether oxygens (including phenoxy) is 2. The molecule has 0 saturated heterocycles. The molecule has 0 aromatic heterocycles. The van der Waals surface area contributed by atoms with Crippen molar-refractivity contribution in [2.75, 3.05) is 19.1 Å².